The van der Waals surface area contributed by atoms with Gasteiger partial charge in [-0.1, -0.05) is 24.3 Å². The number of benzene rings is 2. The first-order valence-electron chi connectivity index (χ1n) is 12.0. The molecule has 1 aromatic heterocycles. The number of nitrogens with one attached hydrogen (secondary N) is 1. The van der Waals surface area contributed by atoms with Crippen LogP contribution in [0.4, 0.5) is 5.82 Å². The number of carbonyl (C=O) groups is 1. The summed E-state index contributed by atoms with van der Waals surface area (Å²) in [7, 11) is 1.61. The molecule has 5 rings (SSSR count). The number of anilines is 1. The number of fused-ring (bicyclic) bond motifs is 1. The van der Waals surface area contributed by atoms with E-state index in [-0.39, 0.29) is 23.4 Å². The van der Waals surface area contributed by atoms with Gasteiger partial charge >= 0.3 is 0 Å². The molecule has 7 nitrogen and oxygen atoms in total. The van der Waals surface area contributed by atoms with E-state index in [4.69, 9.17) is 4.74 Å². The number of aryl methyl sites for hydroxylation is 1. The van der Waals surface area contributed by atoms with E-state index < -0.39 is 0 Å². The number of nitrogens with zero attached hydrogens (tertiary/aromatic N) is 3. The van der Waals surface area contributed by atoms with Crippen molar-refractivity contribution in [2.24, 2.45) is 5.92 Å². The van der Waals surface area contributed by atoms with Crippen molar-refractivity contribution in [2.75, 3.05) is 25.1 Å². The van der Waals surface area contributed by atoms with Crippen LogP contribution in [-0.4, -0.2) is 35.9 Å². The van der Waals surface area contributed by atoms with Crippen LogP contribution in [0.1, 0.15) is 42.9 Å². The van der Waals surface area contributed by atoms with Gasteiger partial charge in [-0.2, -0.15) is 4.68 Å². The summed E-state index contributed by atoms with van der Waals surface area (Å²) < 4.78 is 6.61. The number of rotatable bonds is 5. The fourth-order valence-electron chi connectivity index (χ4n) is 5.04. The largest absolute Gasteiger partial charge is 0.497 e. The predicted octanol–water partition coefficient (Wildman–Crippen LogP) is 3.65. The molecule has 1 saturated heterocycles. The van der Waals surface area contributed by atoms with E-state index in [9.17, 15) is 9.59 Å². The molecule has 3 aromatic rings. The van der Waals surface area contributed by atoms with Crippen molar-refractivity contribution >= 4 is 11.7 Å². The zero-order valence-electron chi connectivity index (χ0n) is 19.4. The standard InChI is InChI=1S/C27H30N4O3/c1-34-22-11-9-21(10-12-22)31-26(32)14-13-25(29-31)30-17-15-20(16-18-30)27(33)28-24-8-4-6-19-5-2-3-7-23(19)24/h2-3,5,7,9-14,20,24H,4,6,8,15-18H2,1H3,(H,28,33)/t24-/m1/s1. The van der Waals surface area contributed by atoms with Crippen LogP contribution >= 0.6 is 0 Å². The second-order valence-electron chi connectivity index (χ2n) is 9.05. The van der Waals surface area contributed by atoms with Gasteiger partial charge in [-0.15, -0.1) is 5.10 Å². The SMILES string of the molecule is COc1ccc(-n2nc(N3CCC(C(=O)N[C@@H]4CCCc5ccccc54)CC3)ccc2=O)cc1. The highest BCUT2D eigenvalue weighted by molar-refractivity contribution is 5.79. The zero-order chi connectivity index (χ0) is 23.5. The van der Waals surface area contributed by atoms with Gasteiger partial charge in [-0.05, 0) is 73.6 Å². The summed E-state index contributed by atoms with van der Waals surface area (Å²) in [5, 5.41) is 7.92. The number of carbonyl (C=O) groups excluding carboxylic acids is 1. The Hall–Kier alpha value is -3.61. The van der Waals surface area contributed by atoms with E-state index >= 15 is 0 Å². The van der Waals surface area contributed by atoms with E-state index in [1.54, 1.807) is 19.2 Å². The summed E-state index contributed by atoms with van der Waals surface area (Å²) >= 11 is 0. The van der Waals surface area contributed by atoms with Crippen LogP contribution in [0.2, 0.25) is 0 Å². The topological polar surface area (TPSA) is 76.5 Å². The van der Waals surface area contributed by atoms with E-state index in [1.807, 2.05) is 24.3 Å². The number of aromatic nitrogens is 2. The summed E-state index contributed by atoms with van der Waals surface area (Å²) in [6.45, 7) is 1.46. The van der Waals surface area contributed by atoms with Crippen LogP contribution in [-0.2, 0) is 11.2 Å². The molecule has 0 radical (unpaired) electrons. The Morgan fingerprint density at radius 1 is 1.00 bits per heavy atom. The summed E-state index contributed by atoms with van der Waals surface area (Å²) in [4.78, 5) is 27.6. The molecule has 1 amide bonds. The van der Waals surface area contributed by atoms with Crippen LogP contribution in [0.25, 0.3) is 5.69 Å². The van der Waals surface area contributed by atoms with E-state index in [2.05, 4.69) is 39.6 Å². The first-order chi connectivity index (χ1) is 16.6. The van der Waals surface area contributed by atoms with Crippen molar-refractivity contribution in [1.29, 1.82) is 0 Å². The lowest BCUT2D eigenvalue weighted by molar-refractivity contribution is -0.126. The Morgan fingerprint density at radius 2 is 1.76 bits per heavy atom. The number of hydrogen-bond acceptors (Lipinski definition) is 5. The van der Waals surface area contributed by atoms with Gasteiger partial charge in [0.05, 0.1) is 18.8 Å². The van der Waals surface area contributed by atoms with Crippen LogP contribution in [0.5, 0.6) is 5.75 Å². The molecule has 34 heavy (non-hydrogen) atoms. The normalized spacial score (nSPS) is 18.3. The maximum Gasteiger partial charge on any atom is 0.271 e. The molecule has 1 fully saturated rings. The van der Waals surface area contributed by atoms with Crippen LogP contribution < -0.4 is 20.5 Å². The van der Waals surface area contributed by atoms with Crippen molar-refractivity contribution in [3.8, 4) is 11.4 Å². The average molecular weight is 459 g/mol. The number of piperidine rings is 1. The third kappa shape index (κ3) is 4.55. The Morgan fingerprint density at radius 3 is 2.53 bits per heavy atom. The molecular weight excluding hydrogens is 428 g/mol. The molecule has 0 saturated carbocycles. The van der Waals surface area contributed by atoms with Gasteiger partial charge in [0.25, 0.3) is 5.56 Å². The van der Waals surface area contributed by atoms with Crippen LogP contribution in [0, 0.1) is 5.92 Å². The minimum absolute atomic E-state index is 0.00201. The highest BCUT2D eigenvalue weighted by Gasteiger charge is 2.29. The van der Waals surface area contributed by atoms with Crippen molar-refractivity contribution in [2.45, 2.75) is 38.1 Å². The monoisotopic (exact) mass is 458 g/mol. The smallest absolute Gasteiger partial charge is 0.271 e. The number of ether oxygens (including phenoxy) is 1. The maximum atomic E-state index is 13.1. The molecule has 1 N–H and O–H groups in total. The molecular formula is C27H30N4O3. The van der Waals surface area contributed by atoms with Gasteiger partial charge in [-0.3, -0.25) is 9.59 Å². The van der Waals surface area contributed by atoms with Crippen molar-refractivity contribution in [1.82, 2.24) is 15.1 Å². The fourth-order valence-corrected chi connectivity index (χ4v) is 5.04. The summed E-state index contributed by atoms with van der Waals surface area (Å²) in [5.41, 5.74) is 3.13. The van der Waals surface area contributed by atoms with Crippen LogP contribution in [0.15, 0.2) is 65.5 Å². The number of amides is 1. The molecule has 1 atom stereocenters. The maximum absolute atomic E-state index is 13.1. The molecule has 2 aliphatic rings. The lowest BCUT2D eigenvalue weighted by Crippen LogP contribution is -2.42. The summed E-state index contributed by atoms with van der Waals surface area (Å²) in [5.74, 6) is 1.62. The minimum atomic E-state index is -0.184. The first-order valence-corrected chi connectivity index (χ1v) is 12.0. The van der Waals surface area contributed by atoms with E-state index in [0.29, 0.717) is 5.69 Å². The Kier molecular flexibility index (Phi) is 6.34. The second kappa shape index (κ2) is 9.71. The third-order valence-corrected chi connectivity index (χ3v) is 6.98. The summed E-state index contributed by atoms with van der Waals surface area (Å²) in [6.07, 6.45) is 4.73. The van der Waals surface area contributed by atoms with Gasteiger partial charge in [-0.25, -0.2) is 0 Å². The average Bonchev–Trinajstić information content (AvgIpc) is 2.89. The van der Waals surface area contributed by atoms with Gasteiger partial charge in [0.2, 0.25) is 5.91 Å². The molecule has 0 unspecified atom stereocenters. The number of hydrogen-bond donors (Lipinski definition) is 1. The van der Waals surface area contributed by atoms with Gasteiger partial charge in [0, 0.05) is 25.1 Å². The van der Waals surface area contributed by atoms with Crippen LogP contribution in [0.3, 0.4) is 0 Å². The van der Waals surface area contributed by atoms with Crippen molar-refractivity contribution in [3.05, 3.63) is 82.1 Å². The molecule has 0 bridgehead atoms. The first kappa shape index (κ1) is 22.2. The highest BCUT2D eigenvalue weighted by atomic mass is 16.5. The second-order valence-corrected chi connectivity index (χ2v) is 9.05. The Balaban J connectivity index is 1.23. The molecule has 7 heteroatoms. The Bertz CT molecular complexity index is 1210. The molecule has 1 aliphatic carbocycles. The van der Waals surface area contributed by atoms with E-state index in [1.165, 1.54) is 15.8 Å². The van der Waals surface area contributed by atoms with Gasteiger partial charge in [0.1, 0.15) is 11.6 Å². The summed E-state index contributed by atoms with van der Waals surface area (Å²) in [6, 6.07) is 19.1. The number of methoxy groups -OCH3 is 1. The van der Waals surface area contributed by atoms with Crippen molar-refractivity contribution < 1.29 is 9.53 Å². The molecule has 2 heterocycles. The fraction of sp³-hybridized carbons (Fsp3) is 0.370. The highest BCUT2D eigenvalue weighted by Crippen LogP contribution is 2.30. The van der Waals surface area contributed by atoms with Crippen molar-refractivity contribution in [3.63, 3.8) is 0 Å². The molecule has 1 aliphatic heterocycles. The Labute approximate surface area is 199 Å². The molecule has 2 aromatic carbocycles. The molecule has 0 spiro atoms. The quantitative estimate of drug-likeness (QED) is 0.632. The molecule has 176 valence electrons. The van der Waals surface area contributed by atoms with E-state index in [0.717, 1.165) is 56.8 Å². The third-order valence-electron chi connectivity index (χ3n) is 6.98. The minimum Gasteiger partial charge on any atom is -0.497 e. The lowest BCUT2D eigenvalue weighted by Gasteiger charge is -2.34. The van der Waals surface area contributed by atoms with Gasteiger partial charge in [0.15, 0.2) is 0 Å². The lowest BCUT2D eigenvalue weighted by atomic mass is 9.87. The van der Waals surface area contributed by atoms with Gasteiger partial charge < -0.3 is 15.0 Å². The predicted molar refractivity (Wildman–Crippen MR) is 132 cm³/mol. The zero-order valence-corrected chi connectivity index (χ0v) is 19.4.